The van der Waals surface area contributed by atoms with Crippen molar-refractivity contribution in [2.24, 2.45) is 5.73 Å². The molecular weight excluding hydrogens is 312 g/mol. The maximum absolute atomic E-state index is 12.2. The van der Waals surface area contributed by atoms with E-state index in [1.807, 2.05) is 6.26 Å². The van der Waals surface area contributed by atoms with Crippen molar-refractivity contribution >= 4 is 27.7 Å². The first-order valence-corrected chi connectivity index (χ1v) is 9.08. The largest absolute Gasteiger partial charge is 0.388 e. The number of carbonyl (C=O) groups excluding carboxylic acids is 1. The molecule has 1 unspecified atom stereocenters. The second-order valence-corrected chi connectivity index (χ2v) is 7.73. The van der Waals surface area contributed by atoms with Crippen molar-refractivity contribution in [2.45, 2.75) is 24.3 Å². The lowest BCUT2D eigenvalue weighted by Gasteiger charge is -2.22. The molecule has 0 aromatic heterocycles. The standard InChI is InChI=1S/C13H20N2O4S2/c1-9-4-5-10(6-11(9)12(14)16)21(18,19)15-7-13(2,17)8-20-3/h4-6,15,17H,7-8H2,1-3H3,(H2,14,16). The zero-order valence-corrected chi connectivity index (χ0v) is 13.8. The van der Waals surface area contributed by atoms with E-state index in [9.17, 15) is 18.3 Å². The van der Waals surface area contributed by atoms with Crippen LogP contribution in [-0.2, 0) is 10.0 Å². The quantitative estimate of drug-likeness (QED) is 0.673. The first kappa shape index (κ1) is 18.0. The summed E-state index contributed by atoms with van der Waals surface area (Å²) in [5.74, 6) is -0.283. The summed E-state index contributed by atoms with van der Waals surface area (Å²) in [5.41, 5.74) is 4.83. The number of carbonyl (C=O) groups is 1. The fourth-order valence-electron chi connectivity index (χ4n) is 1.73. The molecule has 1 amide bonds. The highest BCUT2D eigenvalue weighted by Crippen LogP contribution is 2.16. The molecule has 1 aromatic carbocycles. The minimum atomic E-state index is -3.81. The van der Waals surface area contributed by atoms with E-state index in [2.05, 4.69) is 4.72 Å². The Bertz CT molecular complexity index is 627. The number of thioether (sulfide) groups is 1. The molecule has 118 valence electrons. The first-order valence-electron chi connectivity index (χ1n) is 6.20. The van der Waals surface area contributed by atoms with Crippen LogP contribution in [0.3, 0.4) is 0 Å². The molecule has 1 atom stereocenters. The molecule has 0 saturated carbocycles. The molecule has 0 aliphatic carbocycles. The molecule has 6 nitrogen and oxygen atoms in total. The van der Waals surface area contributed by atoms with Crippen LogP contribution in [0.4, 0.5) is 0 Å². The van der Waals surface area contributed by atoms with Gasteiger partial charge in [-0.05, 0) is 37.8 Å². The van der Waals surface area contributed by atoms with Gasteiger partial charge in [-0.25, -0.2) is 13.1 Å². The highest BCUT2D eigenvalue weighted by Gasteiger charge is 2.24. The number of rotatable bonds is 7. The maximum Gasteiger partial charge on any atom is 0.249 e. The van der Waals surface area contributed by atoms with Crippen molar-refractivity contribution in [3.05, 3.63) is 29.3 Å². The van der Waals surface area contributed by atoms with Crippen LogP contribution >= 0.6 is 11.8 Å². The van der Waals surface area contributed by atoms with Gasteiger partial charge in [0.2, 0.25) is 15.9 Å². The summed E-state index contributed by atoms with van der Waals surface area (Å²) in [4.78, 5) is 11.2. The van der Waals surface area contributed by atoms with Gasteiger partial charge >= 0.3 is 0 Å². The minimum absolute atomic E-state index is 0.0538. The summed E-state index contributed by atoms with van der Waals surface area (Å²) in [6.45, 7) is 3.11. The monoisotopic (exact) mass is 332 g/mol. The average molecular weight is 332 g/mol. The van der Waals surface area contributed by atoms with E-state index in [1.54, 1.807) is 13.8 Å². The van der Waals surface area contributed by atoms with Crippen molar-refractivity contribution in [1.29, 1.82) is 0 Å². The van der Waals surface area contributed by atoms with E-state index in [0.29, 0.717) is 11.3 Å². The normalized spacial score (nSPS) is 14.7. The number of nitrogens with two attached hydrogens (primary N) is 1. The second kappa shape index (κ2) is 6.78. The van der Waals surface area contributed by atoms with Crippen LogP contribution in [0.5, 0.6) is 0 Å². The van der Waals surface area contributed by atoms with Gasteiger partial charge in [-0.2, -0.15) is 11.8 Å². The Hall–Kier alpha value is -1.09. The highest BCUT2D eigenvalue weighted by molar-refractivity contribution is 7.98. The average Bonchev–Trinajstić information content (AvgIpc) is 2.36. The van der Waals surface area contributed by atoms with Crippen molar-refractivity contribution in [1.82, 2.24) is 4.72 Å². The van der Waals surface area contributed by atoms with Crippen LogP contribution in [0.2, 0.25) is 0 Å². The number of nitrogens with one attached hydrogen (secondary N) is 1. The lowest BCUT2D eigenvalue weighted by molar-refractivity contribution is 0.0908. The van der Waals surface area contributed by atoms with E-state index in [-0.39, 0.29) is 17.0 Å². The van der Waals surface area contributed by atoms with Crippen LogP contribution in [0, 0.1) is 6.92 Å². The summed E-state index contributed by atoms with van der Waals surface area (Å²) in [6.07, 6.45) is 1.82. The number of sulfonamides is 1. The van der Waals surface area contributed by atoms with Crippen molar-refractivity contribution in [3.63, 3.8) is 0 Å². The lowest BCUT2D eigenvalue weighted by Crippen LogP contribution is -2.42. The third-order valence-electron chi connectivity index (χ3n) is 2.88. The molecule has 4 N–H and O–H groups in total. The lowest BCUT2D eigenvalue weighted by atomic mass is 10.1. The zero-order valence-electron chi connectivity index (χ0n) is 12.2. The molecule has 0 bridgehead atoms. The van der Waals surface area contributed by atoms with Crippen LogP contribution < -0.4 is 10.5 Å². The summed E-state index contributed by atoms with van der Waals surface area (Å²) >= 11 is 1.42. The summed E-state index contributed by atoms with van der Waals surface area (Å²) < 4.78 is 26.7. The Morgan fingerprint density at radius 1 is 1.48 bits per heavy atom. The number of benzene rings is 1. The number of hydrogen-bond acceptors (Lipinski definition) is 5. The van der Waals surface area contributed by atoms with Crippen LogP contribution in [0.25, 0.3) is 0 Å². The molecule has 0 radical (unpaired) electrons. The van der Waals surface area contributed by atoms with Gasteiger partial charge in [-0.3, -0.25) is 4.79 Å². The van der Waals surface area contributed by atoms with Crippen LogP contribution in [-0.4, -0.2) is 43.6 Å². The topological polar surface area (TPSA) is 109 Å². The number of aryl methyl sites for hydroxylation is 1. The zero-order chi connectivity index (χ0) is 16.3. The van der Waals surface area contributed by atoms with E-state index < -0.39 is 21.5 Å². The van der Waals surface area contributed by atoms with Crippen molar-refractivity contribution in [2.75, 3.05) is 18.6 Å². The summed E-state index contributed by atoms with van der Waals surface area (Å²) in [5, 5.41) is 9.99. The molecule has 0 spiro atoms. The van der Waals surface area contributed by atoms with Gasteiger partial charge in [-0.15, -0.1) is 0 Å². The molecule has 8 heteroatoms. The first-order chi connectivity index (χ1) is 9.59. The Balaban J connectivity index is 2.99. The number of aliphatic hydroxyl groups is 1. The number of primary amides is 1. The van der Waals surface area contributed by atoms with Crippen LogP contribution in [0.1, 0.15) is 22.8 Å². The van der Waals surface area contributed by atoms with Gasteiger partial charge in [0.05, 0.1) is 10.5 Å². The smallest absolute Gasteiger partial charge is 0.249 e. The molecule has 0 saturated heterocycles. The summed E-state index contributed by atoms with van der Waals surface area (Å²) in [7, 11) is -3.81. The maximum atomic E-state index is 12.2. The molecule has 0 aliphatic rings. The van der Waals surface area contributed by atoms with Crippen molar-refractivity contribution in [3.8, 4) is 0 Å². The SMILES string of the molecule is CSCC(C)(O)CNS(=O)(=O)c1ccc(C)c(C(N)=O)c1. The van der Waals surface area contributed by atoms with E-state index in [1.165, 1.54) is 30.0 Å². The Labute approximate surface area is 129 Å². The van der Waals surface area contributed by atoms with Gasteiger partial charge in [0.1, 0.15) is 0 Å². The number of amides is 1. The van der Waals surface area contributed by atoms with E-state index >= 15 is 0 Å². The molecule has 0 aliphatic heterocycles. The minimum Gasteiger partial charge on any atom is -0.388 e. The second-order valence-electron chi connectivity index (χ2n) is 5.10. The molecule has 21 heavy (non-hydrogen) atoms. The van der Waals surface area contributed by atoms with Crippen molar-refractivity contribution < 1.29 is 18.3 Å². The third kappa shape index (κ3) is 4.99. The molecule has 1 rings (SSSR count). The van der Waals surface area contributed by atoms with Gasteiger partial charge in [0.25, 0.3) is 0 Å². The molecule has 1 aromatic rings. The Kier molecular flexibility index (Phi) is 5.80. The summed E-state index contributed by atoms with van der Waals surface area (Å²) in [6, 6.07) is 4.16. The number of hydrogen-bond donors (Lipinski definition) is 3. The van der Waals surface area contributed by atoms with E-state index in [0.717, 1.165) is 0 Å². The van der Waals surface area contributed by atoms with Gasteiger partial charge in [-0.1, -0.05) is 6.07 Å². The fourth-order valence-corrected chi connectivity index (χ4v) is 3.64. The predicted octanol–water partition coefficient (Wildman–Crippen LogP) is 0.486. The Morgan fingerprint density at radius 3 is 2.62 bits per heavy atom. The molecule has 0 heterocycles. The predicted molar refractivity (Wildman–Crippen MR) is 83.9 cm³/mol. The molecule has 0 fully saturated rings. The van der Waals surface area contributed by atoms with Gasteiger partial charge in [0, 0.05) is 17.9 Å². The fraction of sp³-hybridized carbons (Fsp3) is 0.462. The third-order valence-corrected chi connectivity index (χ3v) is 5.19. The van der Waals surface area contributed by atoms with Crippen LogP contribution in [0.15, 0.2) is 23.1 Å². The van der Waals surface area contributed by atoms with Gasteiger partial charge < -0.3 is 10.8 Å². The highest BCUT2D eigenvalue weighted by atomic mass is 32.2. The van der Waals surface area contributed by atoms with E-state index in [4.69, 9.17) is 5.73 Å². The molecular formula is C13H20N2O4S2. The van der Waals surface area contributed by atoms with Gasteiger partial charge in [0.15, 0.2) is 0 Å². The Morgan fingerprint density at radius 2 is 2.10 bits per heavy atom.